The van der Waals surface area contributed by atoms with Crippen molar-refractivity contribution < 1.29 is 9.47 Å². The fourth-order valence-electron chi connectivity index (χ4n) is 3.57. The van der Waals surface area contributed by atoms with Crippen molar-refractivity contribution >= 4 is 11.6 Å². The molecule has 2 unspecified atom stereocenters. The zero-order valence-corrected chi connectivity index (χ0v) is 10.3. The lowest BCUT2D eigenvalue weighted by Gasteiger charge is -2.31. The van der Waals surface area contributed by atoms with Gasteiger partial charge in [0.2, 0.25) is 0 Å². The molecule has 3 rings (SSSR count). The van der Waals surface area contributed by atoms with Gasteiger partial charge in [0, 0.05) is 31.1 Å². The molecule has 2 nitrogen and oxygen atoms in total. The number of hydrogen-bond donors (Lipinski definition) is 0. The Morgan fingerprint density at radius 3 is 2.50 bits per heavy atom. The van der Waals surface area contributed by atoms with E-state index in [-0.39, 0.29) is 5.92 Å². The molecule has 2 aliphatic rings. The van der Waals surface area contributed by atoms with Gasteiger partial charge >= 0.3 is 0 Å². The Kier molecular flexibility index (Phi) is 2.29. The van der Waals surface area contributed by atoms with Gasteiger partial charge in [0.15, 0.2) is 5.79 Å². The summed E-state index contributed by atoms with van der Waals surface area (Å²) in [7, 11) is 3.46. The minimum atomic E-state index is -0.479. The van der Waals surface area contributed by atoms with Gasteiger partial charge in [0.1, 0.15) is 0 Å². The molecule has 16 heavy (non-hydrogen) atoms. The highest BCUT2D eigenvalue weighted by Gasteiger charge is 2.59. The van der Waals surface area contributed by atoms with Crippen LogP contribution in [0.5, 0.6) is 0 Å². The Morgan fingerprint density at radius 2 is 1.88 bits per heavy atom. The summed E-state index contributed by atoms with van der Waals surface area (Å²) >= 11 is 6.29. The van der Waals surface area contributed by atoms with Gasteiger partial charge in [-0.05, 0) is 30.0 Å². The second-order valence-electron chi connectivity index (χ2n) is 4.55. The van der Waals surface area contributed by atoms with Crippen molar-refractivity contribution in [1.29, 1.82) is 0 Å². The van der Waals surface area contributed by atoms with E-state index in [1.54, 1.807) is 14.2 Å². The molecule has 0 radical (unpaired) electrons. The smallest absolute Gasteiger partial charge is 0.181 e. The lowest BCUT2D eigenvalue weighted by molar-refractivity contribution is -0.214. The first kappa shape index (κ1) is 10.6. The van der Waals surface area contributed by atoms with Crippen LogP contribution in [0.3, 0.4) is 0 Å². The average Bonchev–Trinajstić information content (AvgIpc) is 2.80. The quantitative estimate of drug-likeness (QED) is 0.736. The van der Waals surface area contributed by atoms with Gasteiger partial charge in [-0.2, -0.15) is 0 Å². The SMILES string of the molecule is COC1(OC)C2CCC1c1c(Cl)cccc12. The fraction of sp³-hybridized carbons (Fsp3) is 0.538. The number of benzene rings is 1. The standard InChI is InChI=1S/C13H15ClO2/c1-15-13(16-2)9-6-7-10(13)12-8(9)4-3-5-11(12)14/h3-5,9-10H,6-7H2,1-2H3. The molecule has 0 N–H and O–H groups in total. The Bertz CT molecular complexity index is 426. The van der Waals surface area contributed by atoms with E-state index in [0.717, 1.165) is 17.9 Å². The summed E-state index contributed by atoms with van der Waals surface area (Å²) in [5, 5.41) is 0.850. The third-order valence-electron chi connectivity index (χ3n) is 4.16. The summed E-state index contributed by atoms with van der Waals surface area (Å²) in [6.45, 7) is 0. The molecule has 0 aromatic heterocycles. The predicted octanol–water partition coefficient (Wildman–Crippen LogP) is 3.30. The van der Waals surface area contributed by atoms with E-state index < -0.39 is 5.79 Å². The van der Waals surface area contributed by atoms with Gasteiger partial charge in [-0.3, -0.25) is 0 Å². The Hall–Kier alpha value is -0.570. The molecule has 3 heteroatoms. The highest BCUT2D eigenvalue weighted by atomic mass is 35.5. The zero-order valence-electron chi connectivity index (χ0n) is 9.50. The second-order valence-corrected chi connectivity index (χ2v) is 4.96. The molecule has 2 atom stereocenters. The third-order valence-corrected chi connectivity index (χ3v) is 4.49. The molecule has 0 saturated heterocycles. The van der Waals surface area contributed by atoms with Gasteiger partial charge in [-0.1, -0.05) is 23.7 Å². The minimum absolute atomic E-state index is 0.288. The number of hydrogen-bond acceptors (Lipinski definition) is 2. The van der Waals surface area contributed by atoms with Gasteiger partial charge < -0.3 is 9.47 Å². The summed E-state index contributed by atoms with van der Waals surface area (Å²) in [6, 6.07) is 6.12. The Labute approximate surface area is 101 Å². The van der Waals surface area contributed by atoms with Crippen molar-refractivity contribution in [3.63, 3.8) is 0 Å². The summed E-state index contributed by atoms with van der Waals surface area (Å²) in [4.78, 5) is 0. The summed E-state index contributed by atoms with van der Waals surface area (Å²) in [6.07, 6.45) is 2.22. The topological polar surface area (TPSA) is 18.5 Å². The molecular formula is C13H15ClO2. The second kappa shape index (κ2) is 3.46. The largest absolute Gasteiger partial charge is 0.352 e. The number of halogens is 1. The van der Waals surface area contributed by atoms with Crippen molar-refractivity contribution in [3.8, 4) is 0 Å². The Morgan fingerprint density at radius 1 is 1.19 bits per heavy atom. The average molecular weight is 239 g/mol. The summed E-state index contributed by atoms with van der Waals surface area (Å²) in [5.41, 5.74) is 2.55. The first-order chi connectivity index (χ1) is 7.74. The van der Waals surface area contributed by atoms with E-state index in [1.165, 1.54) is 11.1 Å². The van der Waals surface area contributed by atoms with Crippen LogP contribution in [-0.4, -0.2) is 20.0 Å². The van der Waals surface area contributed by atoms with Crippen LogP contribution in [-0.2, 0) is 9.47 Å². The van der Waals surface area contributed by atoms with Crippen LogP contribution in [0, 0.1) is 0 Å². The maximum Gasteiger partial charge on any atom is 0.181 e. The first-order valence-electron chi connectivity index (χ1n) is 5.63. The van der Waals surface area contributed by atoms with Gasteiger partial charge in [-0.25, -0.2) is 0 Å². The number of methoxy groups -OCH3 is 2. The van der Waals surface area contributed by atoms with Crippen molar-refractivity contribution in [1.82, 2.24) is 0 Å². The molecule has 0 heterocycles. The van der Waals surface area contributed by atoms with Crippen LogP contribution in [0.1, 0.15) is 35.8 Å². The van der Waals surface area contributed by atoms with E-state index in [9.17, 15) is 0 Å². The van der Waals surface area contributed by atoms with Crippen LogP contribution >= 0.6 is 11.6 Å². The van der Waals surface area contributed by atoms with E-state index in [2.05, 4.69) is 6.07 Å². The maximum absolute atomic E-state index is 6.29. The zero-order chi connectivity index (χ0) is 11.3. The van der Waals surface area contributed by atoms with Gasteiger partial charge in [0.05, 0.1) is 0 Å². The van der Waals surface area contributed by atoms with E-state index >= 15 is 0 Å². The summed E-state index contributed by atoms with van der Waals surface area (Å²) in [5.74, 6) is 0.144. The van der Waals surface area contributed by atoms with E-state index in [4.69, 9.17) is 21.1 Å². The predicted molar refractivity (Wildman–Crippen MR) is 62.9 cm³/mol. The molecule has 86 valence electrons. The van der Waals surface area contributed by atoms with Crippen molar-refractivity contribution in [2.75, 3.05) is 14.2 Å². The highest BCUT2D eigenvalue weighted by Crippen LogP contribution is 2.62. The van der Waals surface area contributed by atoms with Crippen LogP contribution in [0.25, 0.3) is 0 Å². The van der Waals surface area contributed by atoms with Crippen LogP contribution < -0.4 is 0 Å². The van der Waals surface area contributed by atoms with E-state index in [1.807, 2.05) is 12.1 Å². The van der Waals surface area contributed by atoms with Gasteiger partial charge in [-0.15, -0.1) is 0 Å². The number of fused-ring (bicyclic) bond motifs is 5. The van der Waals surface area contributed by atoms with Crippen molar-refractivity contribution in [2.24, 2.45) is 0 Å². The van der Waals surface area contributed by atoms with Crippen LogP contribution in [0.4, 0.5) is 0 Å². The molecular weight excluding hydrogens is 224 g/mol. The molecule has 2 bridgehead atoms. The molecule has 0 spiro atoms. The maximum atomic E-state index is 6.29. The van der Waals surface area contributed by atoms with Crippen LogP contribution in [0.2, 0.25) is 5.02 Å². The lowest BCUT2D eigenvalue weighted by Crippen LogP contribution is -2.36. The molecule has 1 aromatic rings. The third kappa shape index (κ3) is 1.05. The first-order valence-corrected chi connectivity index (χ1v) is 6.01. The monoisotopic (exact) mass is 238 g/mol. The lowest BCUT2D eigenvalue weighted by atomic mass is 9.92. The van der Waals surface area contributed by atoms with E-state index in [0.29, 0.717) is 5.92 Å². The highest BCUT2D eigenvalue weighted by molar-refractivity contribution is 6.31. The number of rotatable bonds is 2. The van der Waals surface area contributed by atoms with Crippen molar-refractivity contribution in [3.05, 3.63) is 34.3 Å². The fourth-order valence-corrected chi connectivity index (χ4v) is 3.89. The molecule has 0 aliphatic heterocycles. The molecule has 1 saturated carbocycles. The molecule has 0 amide bonds. The van der Waals surface area contributed by atoms with Crippen LogP contribution in [0.15, 0.2) is 18.2 Å². The minimum Gasteiger partial charge on any atom is -0.352 e. The van der Waals surface area contributed by atoms with Crippen molar-refractivity contribution in [2.45, 2.75) is 30.5 Å². The summed E-state index contributed by atoms with van der Waals surface area (Å²) < 4.78 is 11.4. The van der Waals surface area contributed by atoms with Gasteiger partial charge in [0.25, 0.3) is 0 Å². The normalized spacial score (nSPS) is 29.4. The molecule has 1 aromatic carbocycles. The Balaban J connectivity index is 2.19. The molecule has 1 fully saturated rings. The number of ether oxygens (including phenoxy) is 2. The molecule has 2 aliphatic carbocycles.